The van der Waals surface area contributed by atoms with Gasteiger partial charge in [-0.05, 0) is 62.5 Å². The molecule has 1 spiro atoms. The van der Waals surface area contributed by atoms with E-state index >= 15 is 0 Å². The number of amides is 2. The van der Waals surface area contributed by atoms with Gasteiger partial charge in [0.15, 0.2) is 0 Å². The maximum absolute atomic E-state index is 13.6. The number of fused-ring (bicyclic) bond motifs is 1. The molecule has 0 unspecified atom stereocenters. The number of carbonyl (C=O) groups excluding carboxylic acids is 2. The van der Waals surface area contributed by atoms with Gasteiger partial charge in [0.1, 0.15) is 12.4 Å². The van der Waals surface area contributed by atoms with Crippen molar-refractivity contribution in [3.8, 4) is 5.75 Å². The second-order valence-electron chi connectivity index (χ2n) is 10.3. The molecule has 0 saturated carbocycles. The predicted molar refractivity (Wildman–Crippen MR) is 131 cm³/mol. The normalized spacial score (nSPS) is 21.1. The average molecular weight is 473 g/mol. The summed E-state index contributed by atoms with van der Waals surface area (Å²) in [4.78, 5) is 38.7. The Balaban J connectivity index is 1.69. The highest BCUT2D eigenvalue weighted by Gasteiger charge is 2.42. The Labute approximate surface area is 203 Å². The van der Waals surface area contributed by atoms with Crippen LogP contribution in [0.4, 0.5) is 0 Å². The van der Waals surface area contributed by atoms with E-state index in [9.17, 15) is 14.4 Å². The highest BCUT2D eigenvalue weighted by molar-refractivity contribution is 5.84. The number of carbonyl (C=O) groups is 3. The van der Waals surface area contributed by atoms with Crippen LogP contribution in [0.2, 0.25) is 0 Å². The second-order valence-corrected chi connectivity index (χ2v) is 10.3. The molecule has 0 bridgehead atoms. The lowest BCUT2D eigenvalue weighted by molar-refractivity contribution is -0.142. The molecule has 3 rings (SSSR count). The quantitative estimate of drug-likeness (QED) is 0.647. The first-order valence-electron chi connectivity index (χ1n) is 12.8. The Morgan fingerprint density at radius 3 is 2.59 bits per heavy atom. The molecule has 188 valence electrons. The summed E-state index contributed by atoms with van der Waals surface area (Å²) in [6, 6.07) is 8.12. The topological polar surface area (TPSA) is 95.9 Å². The first-order valence-corrected chi connectivity index (χ1v) is 12.8. The lowest BCUT2D eigenvalue weighted by atomic mass is 9.73. The van der Waals surface area contributed by atoms with E-state index in [2.05, 4.69) is 25.2 Å². The number of nitrogens with zero attached hydrogens (tertiary/aromatic N) is 1. The molecule has 0 radical (unpaired) electrons. The molecule has 2 aliphatic heterocycles. The average Bonchev–Trinajstić information content (AvgIpc) is 2.80. The van der Waals surface area contributed by atoms with Crippen molar-refractivity contribution < 1.29 is 24.2 Å². The minimum Gasteiger partial charge on any atom is -0.491 e. The molecule has 2 heterocycles. The van der Waals surface area contributed by atoms with Gasteiger partial charge in [0, 0.05) is 25.9 Å². The molecule has 1 atom stereocenters. The lowest BCUT2D eigenvalue weighted by Gasteiger charge is -2.42. The SMILES string of the molecule is CC(C)C[C@H]1COc2ccccc2CCCCC2(CCN(C(=O)CCCC(=O)O)CC2)C(=O)N1. The van der Waals surface area contributed by atoms with Gasteiger partial charge < -0.3 is 20.1 Å². The summed E-state index contributed by atoms with van der Waals surface area (Å²) < 4.78 is 6.19. The molecule has 2 aliphatic rings. The summed E-state index contributed by atoms with van der Waals surface area (Å²) in [5, 5.41) is 12.1. The number of benzene rings is 1. The molecule has 2 amide bonds. The summed E-state index contributed by atoms with van der Waals surface area (Å²) in [5.74, 6) is 0.549. The molecule has 7 nitrogen and oxygen atoms in total. The predicted octanol–water partition coefficient (Wildman–Crippen LogP) is 4.19. The number of likely N-dealkylation sites (tertiary alicyclic amines) is 1. The van der Waals surface area contributed by atoms with Gasteiger partial charge in [-0.25, -0.2) is 0 Å². The number of carboxylic acid groups (broad SMARTS) is 1. The highest BCUT2D eigenvalue weighted by Crippen LogP contribution is 2.38. The third-order valence-corrected chi connectivity index (χ3v) is 7.19. The van der Waals surface area contributed by atoms with Crippen LogP contribution in [0.5, 0.6) is 5.75 Å². The van der Waals surface area contributed by atoms with Crippen molar-refractivity contribution in [2.24, 2.45) is 11.3 Å². The van der Waals surface area contributed by atoms with Gasteiger partial charge in [-0.3, -0.25) is 14.4 Å². The smallest absolute Gasteiger partial charge is 0.303 e. The zero-order valence-electron chi connectivity index (χ0n) is 20.7. The molecule has 0 aromatic heterocycles. The molecule has 1 aromatic carbocycles. The van der Waals surface area contributed by atoms with Gasteiger partial charge >= 0.3 is 5.97 Å². The van der Waals surface area contributed by atoms with Crippen molar-refractivity contribution in [3.63, 3.8) is 0 Å². The van der Waals surface area contributed by atoms with Crippen LogP contribution < -0.4 is 10.1 Å². The van der Waals surface area contributed by atoms with E-state index in [1.54, 1.807) is 0 Å². The number of piperidine rings is 1. The van der Waals surface area contributed by atoms with Crippen LogP contribution in [-0.2, 0) is 20.8 Å². The molecule has 34 heavy (non-hydrogen) atoms. The van der Waals surface area contributed by atoms with E-state index in [4.69, 9.17) is 9.84 Å². The van der Waals surface area contributed by atoms with Crippen LogP contribution in [0.1, 0.15) is 77.2 Å². The van der Waals surface area contributed by atoms with Crippen LogP contribution in [0, 0.1) is 11.3 Å². The Morgan fingerprint density at radius 1 is 1.15 bits per heavy atom. The number of ether oxygens (including phenoxy) is 1. The number of aliphatic carboxylic acids is 1. The first-order chi connectivity index (χ1) is 16.3. The van der Waals surface area contributed by atoms with Gasteiger partial charge in [-0.1, -0.05) is 38.5 Å². The van der Waals surface area contributed by atoms with Crippen LogP contribution in [0.15, 0.2) is 24.3 Å². The summed E-state index contributed by atoms with van der Waals surface area (Å²) in [7, 11) is 0. The minimum atomic E-state index is -0.877. The van der Waals surface area contributed by atoms with Gasteiger partial charge in [0.25, 0.3) is 0 Å². The Morgan fingerprint density at radius 2 is 1.88 bits per heavy atom. The number of nitrogens with one attached hydrogen (secondary N) is 1. The van der Waals surface area contributed by atoms with Gasteiger partial charge in [0.05, 0.1) is 11.5 Å². The fourth-order valence-corrected chi connectivity index (χ4v) is 5.22. The number of hydrogen-bond acceptors (Lipinski definition) is 4. The van der Waals surface area contributed by atoms with Crippen LogP contribution in [0.3, 0.4) is 0 Å². The Hall–Kier alpha value is -2.57. The van der Waals surface area contributed by atoms with Crippen molar-refractivity contribution in [2.45, 2.75) is 84.1 Å². The van der Waals surface area contributed by atoms with Crippen molar-refractivity contribution in [1.82, 2.24) is 10.2 Å². The third kappa shape index (κ3) is 7.21. The first kappa shape index (κ1) is 26.0. The van der Waals surface area contributed by atoms with E-state index < -0.39 is 11.4 Å². The molecular weight excluding hydrogens is 432 g/mol. The van der Waals surface area contributed by atoms with Crippen molar-refractivity contribution in [1.29, 1.82) is 0 Å². The van der Waals surface area contributed by atoms with Gasteiger partial charge in [0.2, 0.25) is 11.8 Å². The molecule has 0 aliphatic carbocycles. The van der Waals surface area contributed by atoms with Gasteiger partial charge in [-0.2, -0.15) is 0 Å². The number of para-hydroxylation sites is 1. The molecule has 2 N–H and O–H groups in total. The fourth-order valence-electron chi connectivity index (χ4n) is 5.22. The van der Waals surface area contributed by atoms with E-state index in [0.717, 1.165) is 37.9 Å². The molecular formula is C27H40N2O5. The number of rotatable bonds is 6. The van der Waals surface area contributed by atoms with E-state index in [1.807, 2.05) is 23.1 Å². The maximum Gasteiger partial charge on any atom is 0.303 e. The number of carboxylic acids is 1. The number of hydrogen-bond donors (Lipinski definition) is 2. The molecule has 1 aromatic rings. The number of aryl methyl sites for hydroxylation is 1. The maximum atomic E-state index is 13.6. The van der Waals surface area contributed by atoms with Gasteiger partial charge in [-0.15, -0.1) is 0 Å². The molecule has 7 heteroatoms. The Bertz CT molecular complexity index is 845. The third-order valence-electron chi connectivity index (χ3n) is 7.19. The van der Waals surface area contributed by atoms with Crippen molar-refractivity contribution in [3.05, 3.63) is 29.8 Å². The van der Waals surface area contributed by atoms with E-state index in [-0.39, 0.29) is 30.7 Å². The monoisotopic (exact) mass is 472 g/mol. The summed E-state index contributed by atoms with van der Waals surface area (Å²) >= 11 is 0. The van der Waals surface area contributed by atoms with E-state index in [1.165, 1.54) is 5.56 Å². The van der Waals surface area contributed by atoms with Crippen molar-refractivity contribution >= 4 is 17.8 Å². The van der Waals surface area contributed by atoms with Crippen LogP contribution >= 0.6 is 0 Å². The lowest BCUT2D eigenvalue weighted by Crippen LogP contribution is -2.53. The zero-order valence-corrected chi connectivity index (χ0v) is 20.7. The highest BCUT2D eigenvalue weighted by atomic mass is 16.5. The fraction of sp³-hybridized carbons (Fsp3) is 0.667. The summed E-state index contributed by atoms with van der Waals surface area (Å²) in [6.07, 6.45) is 6.44. The van der Waals surface area contributed by atoms with Crippen molar-refractivity contribution in [2.75, 3.05) is 19.7 Å². The standard InChI is InChI=1S/C27H40N2O5/c1-20(2)18-22-19-34-23-10-4-3-8-21(23)9-5-6-13-27(26(33)28-22)14-16-29(17-15-27)24(30)11-7-12-25(31)32/h3-4,8,10,20,22H,5-7,9,11-19H2,1-2H3,(H,28,33)(H,31,32)/t22-/m0/s1. The van der Waals surface area contributed by atoms with Crippen LogP contribution in [-0.4, -0.2) is 53.5 Å². The zero-order chi connectivity index (χ0) is 24.6. The summed E-state index contributed by atoms with van der Waals surface area (Å²) in [6.45, 7) is 5.85. The largest absolute Gasteiger partial charge is 0.491 e. The van der Waals surface area contributed by atoms with Crippen LogP contribution in [0.25, 0.3) is 0 Å². The second kappa shape index (κ2) is 12.2. The van der Waals surface area contributed by atoms with E-state index in [0.29, 0.717) is 44.9 Å². The summed E-state index contributed by atoms with van der Waals surface area (Å²) in [5.41, 5.74) is 0.750. The molecule has 1 fully saturated rings. The Kier molecular flexibility index (Phi) is 9.36. The minimum absolute atomic E-state index is 0.00708. The molecule has 1 saturated heterocycles.